The molecule has 1 unspecified atom stereocenters. The molecule has 0 aromatic heterocycles. The van der Waals surface area contributed by atoms with E-state index < -0.39 is 18.7 Å². The molecule has 1 aliphatic rings. The van der Waals surface area contributed by atoms with E-state index in [0.29, 0.717) is 13.0 Å². The van der Waals surface area contributed by atoms with Gasteiger partial charge in [0.05, 0.1) is 12.1 Å². The highest BCUT2D eigenvalue weighted by Crippen LogP contribution is 2.20. The summed E-state index contributed by atoms with van der Waals surface area (Å²) in [5.41, 5.74) is 5.78. The molecule has 1 rings (SSSR count). The highest BCUT2D eigenvalue weighted by molar-refractivity contribution is 5.92. The minimum absolute atomic E-state index is 0.0537. The van der Waals surface area contributed by atoms with E-state index in [9.17, 15) is 9.59 Å². The Kier molecular flexibility index (Phi) is 4.44. The quantitative estimate of drug-likeness (QED) is 0.681. The first-order valence-electron chi connectivity index (χ1n) is 5.68. The van der Waals surface area contributed by atoms with Crippen molar-refractivity contribution in [1.82, 2.24) is 4.90 Å². The number of amides is 1. The number of Topliss-reactive ketones (excluding diaryl/α,β-unsaturated/α-hetero) is 1. The van der Waals surface area contributed by atoms with Crippen LogP contribution in [0.15, 0.2) is 0 Å². The SMILES string of the molecule is CC(C)C(N)C(=O)N1CCC[C@H]1C(=O)CO. The summed E-state index contributed by atoms with van der Waals surface area (Å²) in [6.07, 6.45) is 1.43. The number of nitrogens with zero attached hydrogens (tertiary/aromatic N) is 1. The van der Waals surface area contributed by atoms with Crippen molar-refractivity contribution in [1.29, 1.82) is 0 Å². The first kappa shape index (κ1) is 13.1. The number of aliphatic hydroxyl groups excluding tert-OH is 1. The van der Waals surface area contributed by atoms with E-state index in [1.54, 1.807) is 0 Å². The van der Waals surface area contributed by atoms with E-state index in [-0.39, 0.29) is 17.6 Å². The molecular weight excluding hydrogens is 208 g/mol. The summed E-state index contributed by atoms with van der Waals surface area (Å²) in [5, 5.41) is 8.82. The number of hydrogen-bond acceptors (Lipinski definition) is 4. The fourth-order valence-corrected chi connectivity index (χ4v) is 1.95. The fourth-order valence-electron chi connectivity index (χ4n) is 1.95. The van der Waals surface area contributed by atoms with Gasteiger partial charge in [0.25, 0.3) is 0 Å². The number of rotatable bonds is 4. The highest BCUT2D eigenvalue weighted by Gasteiger charge is 2.36. The van der Waals surface area contributed by atoms with Gasteiger partial charge in [-0.1, -0.05) is 13.8 Å². The average molecular weight is 228 g/mol. The lowest BCUT2D eigenvalue weighted by atomic mass is 10.0. The molecule has 1 aliphatic heterocycles. The average Bonchev–Trinajstić information content (AvgIpc) is 2.74. The second-order valence-electron chi connectivity index (χ2n) is 4.58. The monoisotopic (exact) mass is 228 g/mol. The zero-order valence-electron chi connectivity index (χ0n) is 9.85. The Labute approximate surface area is 95.6 Å². The molecule has 0 saturated carbocycles. The number of aliphatic hydroxyl groups is 1. The maximum atomic E-state index is 12.0. The Morgan fingerprint density at radius 3 is 2.62 bits per heavy atom. The highest BCUT2D eigenvalue weighted by atomic mass is 16.3. The summed E-state index contributed by atoms with van der Waals surface area (Å²) < 4.78 is 0. The molecular formula is C11H20N2O3. The van der Waals surface area contributed by atoms with Crippen LogP contribution in [-0.2, 0) is 9.59 Å². The lowest BCUT2D eigenvalue weighted by Crippen LogP contribution is -2.50. The Bertz CT molecular complexity index is 278. The summed E-state index contributed by atoms with van der Waals surface area (Å²) in [7, 11) is 0. The molecule has 0 spiro atoms. The van der Waals surface area contributed by atoms with Crippen molar-refractivity contribution in [3.63, 3.8) is 0 Å². The normalized spacial score (nSPS) is 22.6. The van der Waals surface area contributed by atoms with Crippen LogP contribution >= 0.6 is 0 Å². The van der Waals surface area contributed by atoms with Crippen molar-refractivity contribution < 1.29 is 14.7 Å². The summed E-state index contributed by atoms with van der Waals surface area (Å²) in [6, 6.07) is -1.03. The van der Waals surface area contributed by atoms with Crippen LogP contribution in [0.1, 0.15) is 26.7 Å². The second-order valence-corrected chi connectivity index (χ2v) is 4.58. The topological polar surface area (TPSA) is 83.6 Å². The molecule has 1 amide bonds. The predicted molar refractivity (Wildman–Crippen MR) is 59.6 cm³/mol. The van der Waals surface area contributed by atoms with E-state index in [1.165, 1.54) is 4.90 Å². The van der Waals surface area contributed by atoms with E-state index in [4.69, 9.17) is 10.8 Å². The van der Waals surface area contributed by atoms with Gasteiger partial charge in [0.15, 0.2) is 5.78 Å². The van der Waals surface area contributed by atoms with Crippen LogP contribution in [0.5, 0.6) is 0 Å². The molecule has 5 heteroatoms. The largest absolute Gasteiger partial charge is 0.389 e. The van der Waals surface area contributed by atoms with Crippen LogP contribution in [-0.4, -0.2) is 46.9 Å². The minimum Gasteiger partial charge on any atom is -0.389 e. The lowest BCUT2D eigenvalue weighted by molar-refractivity contribution is -0.140. The van der Waals surface area contributed by atoms with Crippen LogP contribution in [0.3, 0.4) is 0 Å². The number of hydrogen-bond donors (Lipinski definition) is 2. The Hall–Kier alpha value is -0.940. The van der Waals surface area contributed by atoms with Crippen LogP contribution in [0, 0.1) is 5.92 Å². The molecule has 0 aromatic carbocycles. The number of carbonyl (C=O) groups is 2. The van der Waals surface area contributed by atoms with E-state index in [2.05, 4.69) is 0 Å². The van der Waals surface area contributed by atoms with Gasteiger partial charge in [-0.3, -0.25) is 9.59 Å². The first-order valence-corrected chi connectivity index (χ1v) is 5.68. The molecule has 16 heavy (non-hydrogen) atoms. The lowest BCUT2D eigenvalue weighted by Gasteiger charge is -2.27. The molecule has 5 nitrogen and oxygen atoms in total. The van der Waals surface area contributed by atoms with Crippen LogP contribution in [0.2, 0.25) is 0 Å². The molecule has 1 fully saturated rings. The van der Waals surface area contributed by atoms with Crippen LogP contribution in [0.4, 0.5) is 0 Å². The van der Waals surface area contributed by atoms with Gasteiger partial charge in [-0.25, -0.2) is 0 Å². The Morgan fingerprint density at radius 2 is 2.12 bits per heavy atom. The maximum Gasteiger partial charge on any atom is 0.240 e. The molecule has 1 saturated heterocycles. The third-order valence-electron chi connectivity index (χ3n) is 3.07. The molecule has 0 radical (unpaired) electrons. The van der Waals surface area contributed by atoms with Crippen molar-refractivity contribution in [3.8, 4) is 0 Å². The van der Waals surface area contributed by atoms with Crippen molar-refractivity contribution in [2.24, 2.45) is 11.7 Å². The predicted octanol–water partition coefficient (Wildman–Crippen LogP) is -0.478. The van der Waals surface area contributed by atoms with Crippen LogP contribution in [0.25, 0.3) is 0 Å². The molecule has 2 atom stereocenters. The van der Waals surface area contributed by atoms with Gasteiger partial charge in [0.2, 0.25) is 5.91 Å². The molecule has 0 aliphatic carbocycles. The van der Waals surface area contributed by atoms with Gasteiger partial charge in [-0.15, -0.1) is 0 Å². The summed E-state index contributed by atoms with van der Waals surface area (Å²) in [4.78, 5) is 24.9. The third kappa shape index (κ3) is 2.59. The van der Waals surface area contributed by atoms with Gasteiger partial charge in [0, 0.05) is 6.54 Å². The molecule has 0 bridgehead atoms. The van der Waals surface area contributed by atoms with Crippen molar-refractivity contribution in [2.75, 3.05) is 13.2 Å². The number of likely N-dealkylation sites (tertiary alicyclic amines) is 1. The molecule has 1 heterocycles. The summed E-state index contributed by atoms with van der Waals surface area (Å²) in [6.45, 7) is 3.81. The van der Waals surface area contributed by atoms with Gasteiger partial charge >= 0.3 is 0 Å². The standard InChI is InChI=1S/C11H20N2O3/c1-7(2)10(12)11(16)13-5-3-4-8(13)9(15)6-14/h7-8,10,14H,3-6,12H2,1-2H3/t8-,10?/m0/s1. The Balaban J connectivity index is 2.71. The van der Waals surface area contributed by atoms with Crippen molar-refractivity contribution >= 4 is 11.7 Å². The first-order chi connectivity index (χ1) is 7.49. The van der Waals surface area contributed by atoms with Crippen molar-refractivity contribution in [3.05, 3.63) is 0 Å². The third-order valence-corrected chi connectivity index (χ3v) is 3.07. The van der Waals surface area contributed by atoms with Gasteiger partial charge < -0.3 is 15.7 Å². The Morgan fingerprint density at radius 1 is 1.50 bits per heavy atom. The van der Waals surface area contributed by atoms with E-state index in [1.807, 2.05) is 13.8 Å². The van der Waals surface area contributed by atoms with E-state index in [0.717, 1.165) is 6.42 Å². The zero-order chi connectivity index (χ0) is 12.3. The second kappa shape index (κ2) is 5.41. The maximum absolute atomic E-state index is 12.0. The number of carbonyl (C=O) groups excluding carboxylic acids is 2. The molecule has 3 N–H and O–H groups in total. The fraction of sp³-hybridized carbons (Fsp3) is 0.818. The van der Waals surface area contributed by atoms with E-state index >= 15 is 0 Å². The smallest absolute Gasteiger partial charge is 0.240 e. The molecule has 92 valence electrons. The number of ketones is 1. The zero-order valence-corrected chi connectivity index (χ0v) is 9.85. The molecule has 0 aromatic rings. The van der Waals surface area contributed by atoms with Crippen molar-refractivity contribution in [2.45, 2.75) is 38.8 Å². The van der Waals surface area contributed by atoms with Gasteiger partial charge in [-0.2, -0.15) is 0 Å². The minimum atomic E-state index is -0.563. The summed E-state index contributed by atoms with van der Waals surface area (Å²) >= 11 is 0. The van der Waals surface area contributed by atoms with Gasteiger partial charge in [0.1, 0.15) is 6.61 Å². The van der Waals surface area contributed by atoms with Gasteiger partial charge in [-0.05, 0) is 18.8 Å². The van der Waals surface area contributed by atoms with Crippen LogP contribution < -0.4 is 5.73 Å². The number of nitrogens with two attached hydrogens (primary N) is 1. The summed E-state index contributed by atoms with van der Waals surface area (Å²) in [5.74, 6) is -0.418.